The molecule has 0 saturated carbocycles. The van der Waals surface area contributed by atoms with E-state index in [0.717, 1.165) is 40.6 Å². The molecular formula is C55H41BN2OS. The summed E-state index contributed by atoms with van der Waals surface area (Å²) in [6, 6.07) is 54.6. The summed E-state index contributed by atoms with van der Waals surface area (Å²) >= 11 is 1.87. The van der Waals surface area contributed by atoms with Crippen LogP contribution in [0.4, 0.5) is 11.4 Å². The standard InChI is InChI=1S/C55H41BN2OS/c1-54(2,3)30-18-20-31(21-19-30)57-45-28-51-41(34-14-8-11-17-50(34)60-51)24-38(45)35-22-23-36-39-25-40-33-13-7-10-16-48(33)59-49(40)29-46(39)58-47-26-37-32-12-6-9-15-42(32)55(4,5)43(37)27-44(47)56-52(35)53(36)58/h6-29,56-57H,1-5H3. The highest BCUT2D eigenvalue weighted by Gasteiger charge is 2.38. The first-order chi connectivity index (χ1) is 29.1. The summed E-state index contributed by atoms with van der Waals surface area (Å²) in [6.07, 6.45) is 0. The Kier molecular flexibility index (Phi) is 6.75. The second kappa shape index (κ2) is 11.8. The third-order valence-corrected chi connectivity index (χ3v) is 14.9. The molecule has 0 amide bonds. The van der Waals surface area contributed by atoms with E-state index in [0.29, 0.717) is 0 Å². The van der Waals surface area contributed by atoms with Crippen molar-refractivity contribution in [2.75, 3.05) is 5.32 Å². The van der Waals surface area contributed by atoms with Gasteiger partial charge in [0.25, 0.3) is 0 Å². The van der Waals surface area contributed by atoms with Crippen LogP contribution in [0.2, 0.25) is 0 Å². The van der Waals surface area contributed by atoms with Crippen LogP contribution in [-0.2, 0) is 10.8 Å². The molecule has 0 radical (unpaired) electrons. The van der Waals surface area contributed by atoms with E-state index in [-0.39, 0.29) is 10.8 Å². The largest absolute Gasteiger partial charge is 0.456 e. The van der Waals surface area contributed by atoms with Gasteiger partial charge >= 0.3 is 0 Å². The van der Waals surface area contributed by atoms with E-state index >= 15 is 0 Å². The van der Waals surface area contributed by atoms with E-state index in [9.17, 15) is 0 Å². The van der Waals surface area contributed by atoms with Crippen molar-refractivity contribution < 1.29 is 4.42 Å². The zero-order valence-corrected chi connectivity index (χ0v) is 35.1. The van der Waals surface area contributed by atoms with Crippen LogP contribution >= 0.6 is 11.3 Å². The first-order valence-corrected chi connectivity index (χ1v) is 21.9. The summed E-state index contributed by atoms with van der Waals surface area (Å²) in [4.78, 5) is 0. The van der Waals surface area contributed by atoms with Crippen molar-refractivity contribution >= 4 is 105 Å². The number of para-hydroxylation sites is 1. The fraction of sp³-hybridized carbons (Fsp3) is 0.127. The second-order valence-corrected chi connectivity index (χ2v) is 19.7. The number of benzene rings is 8. The predicted molar refractivity (Wildman–Crippen MR) is 259 cm³/mol. The minimum Gasteiger partial charge on any atom is -0.456 e. The molecule has 13 rings (SSSR count). The fourth-order valence-corrected chi connectivity index (χ4v) is 11.8. The number of aromatic nitrogens is 1. The third-order valence-electron chi connectivity index (χ3n) is 13.8. The minimum absolute atomic E-state index is 0.0836. The van der Waals surface area contributed by atoms with Gasteiger partial charge in [0.15, 0.2) is 7.28 Å². The Hall–Kier alpha value is -6.56. The molecule has 1 N–H and O–H groups in total. The summed E-state index contributed by atoms with van der Waals surface area (Å²) in [5, 5.41) is 11.4. The van der Waals surface area contributed by atoms with Crippen molar-refractivity contribution in [3.63, 3.8) is 0 Å². The molecule has 2 aliphatic rings. The molecule has 3 nitrogen and oxygen atoms in total. The van der Waals surface area contributed by atoms with Crippen molar-refractivity contribution in [2.45, 2.75) is 45.4 Å². The van der Waals surface area contributed by atoms with Gasteiger partial charge in [-0.15, -0.1) is 11.3 Å². The van der Waals surface area contributed by atoms with E-state index in [1.54, 1.807) is 0 Å². The van der Waals surface area contributed by atoms with Gasteiger partial charge in [0.05, 0.1) is 5.52 Å². The van der Waals surface area contributed by atoms with Crippen LogP contribution < -0.4 is 16.2 Å². The van der Waals surface area contributed by atoms with Crippen LogP contribution in [0.5, 0.6) is 0 Å². The normalized spacial score (nSPS) is 14.0. The van der Waals surface area contributed by atoms with Crippen LogP contribution in [0, 0.1) is 0 Å². The molecule has 1 aliphatic carbocycles. The van der Waals surface area contributed by atoms with Crippen molar-refractivity contribution in [1.29, 1.82) is 0 Å². The van der Waals surface area contributed by atoms with E-state index in [1.165, 1.54) is 97.5 Å². The van der Waals surface area contributed by atoms with E-state index in [1.807, 2.05) is 11.3 Å². The molecule has 5 heteroatoms. The molecule has 4 heterocycles. The zero-order chi connectivity index (χ0) is 40.2. The Labute approximate surface area is 353 Å². The van der Waals surface area contributed by atoms with Gasteiger partial charge in [-0.2, -0.15) is 0 Å². The molecule has 0 unspecified atom stereocenters. The van der Waals surface area contributed by atoms with Crippen LogP contribution in [0.1, 0.15) is 51.3 Å². The lowest BCUT2D eigenvalue weighted by atomic mass is 9.58. The highest BCUT2D eigenvalue weighted by molar-refractivity contribution is 7.25. The van der Waals surface area contributed by atoms with Crippen molar-refractivity contribution in [1.82, 2.24) is 4.57 Å². The van der Waals surface area contributed by atoms with E-state index < -0.39 is 0 Å². The summed E-state index contributed by atoms with van der Waals surface area (Å²) in [5.74, 6) is 0. The molecule has 0 atom stereocenters. The Morgan fingerprint density at radius 2 is 1.37 bits per heavy atom. The number of nitrogens with one attached hydrogen (secondary N) is 1. The number of fused-ring (bicyclic) bond motifs is 14. The maximum absolute atomic E-state index is 6.58. The minimum atomic E-state index is -0.0973. The molecule has 286 valence electrons. The summed E-state index contributed by atoms with van der Waals surface area (Å²) < 4.78 is 11.7. The first-order valence-electron chi connectivity index (χ1n) is 21.1. The number of rotatable bonds is 3. The molecule has 0 saturated heterocycles. The summed E-state index contributed by atoms with van der Waals surface area (Å²) in [6.45, 7) is 11.6. The van der Waals surface area contributed by atoms with Gasteiger partial charge in [-0.25, -0.2) is 0 Å². The Morgan fingerprint density at radius 1 is 0.583 bits per heavy atom. The number of furan rings is 1. The Morgan fingerprint density at radius 3 is 2.22 bits per heavy atom. The van der Waals surface area contributed by atoms with Gasteiger partial charge in [-0.3, -0.25) is 0 Å². The van der Waals surface area contributed by atoms with Gasteiger partial charge < -0.3 is 14.3 Å². The van der Waals surface area contributed by atoms with Gasteiger partial charge in [0.1, 0.15) is 11.2 Å². The second-order valence-electron chi connectivity index (χ2n) is 18.6. The fourth-order valence-electron chi connectivity index (χ4n) is 10.7. The monoisotopic (exact) mass is 788 g/mol. The lowest BCUT2D eigenvalue weighted by Gasteiger charge is -2.27. The average Bonchev–Trinajstić information content (AvgIpc) is 3.96. The molecule has 3 aromatic heterocycles. The lowest BCUT2D eigenvalue weighted by molar-refractivity contribution is 0.590. The summed E-state index contributed by atoms with van der Waals surface area (Å²) in [7, 11) is 0.833. The molecule has 8 aromatic carbocycles. The van der Waals surface area contributed by atoms with E-state index in [4.69, 9.17) is 4.42 Å². The van der Waals surface area contributed by atoms with Gasteiger partial charge in [0, 0.05) is 81.3 Å². The number of anilines is 2. The average molecular weight is 789 g/mol. The smallest absolute Gasteiger partial charge is 0.198 e. The molecule has 1 aliphatic heterocycles. The number of nitrogens with zero attached hydrogens (tertiary/aromatic N) is 1. The molecule has 60 heavy (non-hydrogen) atoms. The van der Waals surface area contributed by atoms with Crippen LogP contribution in [-0.4, -0.2) is 11.8 Å². The molecule has 0 bridgehead atoms. The van der Waals surface area contributed by atoms with Crippen LogP contribution in [0.25, 0.3) is 91.9 Å². The van der Waals surface area contributed by atoms with Crippen LogP contribution in [0.15, 0.2) is 150 Å². The van der Waals surface area contributed by atoms with Gasteiger partial charge in [0.2, 0.25) is 0 Å². The zero-order valence-electron chi connectivity index (χ0n) is 34.3. The first kappa shape index (κ1) is 34.3. The quantitative estimate of drug-likeness (QED) is 0.181. The highest BCUT2D eigenvalue weighted by Crippen LogP contribution is 2.50. The highest BCUT2D eigenvalue weighted by atomic mass is 32.1. The van der Waals surface area contributed by atoms with Crippen molar-refractivity contribution in [2.24, 2.45) is 0 Å². The molecule has 0 fully saturated rings. The number of thiophene rings is 1. The topological polar surface area (TPSA) is 30.1 Å². The van der Waals surface area contributed by atoms with Crippen molar-refractivity contribution in [3.05, 3.63) is 162 Å². The number of hydrogen-bond donors (Lipinski definition) is 1. The van der Waals surface area contributed by atoms with E-state index in [2.05, 4.69) is 190 Å². The Bertz CT molecular complexity index is 3670. The molecule has 0 spiro atoms. The predicted octanol–water partition coefficient (Wildman–Crippen LogP) is 13.8. The molecular weight excluding hydrogens is 747 g/mol. The van der Waals surface area contributed by atoms with Gasteiger partial charge in [-0.05, 0) is 92.8 Å². The third kappa shape index (κ3) is 4.67. The molecule has 11 aromatic rings. The Balaban J connectivity index is 1.11. The van der Waals surface area contributed by atoms with Crippen LogP contribution in [0.3, 0.4) is 0 Å². The maximum atomic E-state index is 6.58. The van der Waals surface area contributed by atoms with Crippen molar-refractivity contribution in [3.8, 4) is 27.9 Å². The lowest BCUT2D eigenvalue weighted by Crippen LogP contribution is -2.38. The summed E-state index contributed by atoms with van der Waals surface area (Å²) in [5.41, 5.74) is 19.8. The number of hydrogen-bond acceptors (Lipinski definition) is 3. The maximum Gasteiger partial charge on any atom is 0.198 e. The SMILES string of the molecule is CC(C)(C)c1ccc(Nc2cc3sc4ccccc4c3cc2-c2ccc3c4cc5c(cc4n4c3c2Bc2cc3c(cc2-4)-c2ccccc2C3(C)C)oc2ccccc25)cc1. The van der Waals surface area contributed by atoms with Gasteiger partial charge in [-0.1, -0.05) is 131 Å².